The number of nitrogens with one attached hydrogen (secondary N) is 1. The summed E-state index contributed by atoms with van der Waals surface area (Å²) in [7, 11) is -6.22. The van der Waals surface area contributed by atoms with Crippen LogP contribution in [0.4, 0.5) is 0 Å². The van der Waals surface area contributed by atoms with Crippen molar-refractivity contribution in [1.82, 2.24) is 9.29 Å². The average Bonchev–Trinajstić information content (AvgIpc) is 3.65. The monoisotopic (exact) mass is 594 g/mol. The first-order valence-corrected chi connectivity index (χ1v) is 18.7. The standard InChI is InChI=1S/C32H39ClN2O3SSi/c1-32(2,3)40(4,5)38-31(25-13-11-14-26(33)20-25)30(34-22-23-18-19-23)29-21-24-12-9-10-17-28(24)35(29)39(36,37)27-15-7-6-8-16-27/h6-17,20-21,23,30-31,34H,18-19,22H2,1-5H3/t30-,31-/m1/s1. The molecule has 1 aromatic heterocycles. The van der Waals surface area contributed by atoms with E-state index >= 15 is 0 Å². The lowest BCUT2D eigenvalue weighted by atomic mass is 9.99. The average molecular weight is 595 g/mol. The number of benzene rings is 3. The van der Waals surface area contributed by atoms with E-state index in [4.69, 9.17) is 16.0 Å². The third kappa shape index (κ3) is 5.95. The molecule has 40 heavy (non-hydrogen) atoms. The number of rotatable bonds is 10. The maximum absolute atomic E-state index is 14.3. The van der Waals surface area contributed by atoms with E-state index in [1.165, 1.54) is 16.8 Å². The molecule has 1 heterocycles. The first-order valence-electron chi connectivity index (χ1n) is 14.0. The van der Waals surface area contributed by atoms with E-state index in [-0.39, 0.29) is 9.93 Å². The van der Waals surface area contributed by atoms with Gasteiger partial charge in [-0.15, -0.1) is 0 Å². The molecule has 1 aliphatic carbocycles. The molecule has 1 N–H and O–H groups in total. The van der Waals surface area contributed by atoms with Crippen molar-refractivity contribution in [2.45, 2.75) is 68.8 Å². The van der Waals surface area contributed by atoms with Crippen molar-refractivity contribution in [3.63, 3.8) is 0 Å². The van der Waals surface area contributed by atoms with Crippen LogP contribution in [0.15, 0.2) is 89.8 Å². The fourth-order valence-corrected chi connectivity index (χ4v) is 7.86. The highest BCUT2D eigenvalue weighted by atomic mass is 35.5. The molecule has 5 nitrogen and oxygen atoms in total. The molecule has 5 rings (SSSR count). The molecule has 3 aromatic carbocycles. The number of hydrogen-bond acceptors (Lipinski definition) is 4. The Morgan fingerprint density at radius 3 is 2.30 bits per heavy atom. The lowest BCUT2D eigenvalue weighted by Gasteiger charge is -2.42. The van der Waals surface area contributed by atoms with Gasteiger partial charge in [0.25, 0.3) is 10.0 Å². The highest BCUT2D eigenvalue weighted by Crippen LogP contribution is 2.45. The van der Waals surface area contributed by atoms with Crippen LogP contribution in [0, 0.1) is 5.92 Å². The third-order valence-electron chi connectivity index (χ3n) is 8.32. The zero-order chi connectivity index (χ0) is 28.7. The Morgan fingerprint density at radius 1 is 0.975 bits per heavy atom. The molecule has 2 atom stereocenters. The SMILES string of the molecule is CC(C)(C)[Si](C)(C)O[C@H](c1cccc(Cl)c1)[C@H](NCC1CC1)c1cc2ccccc2n1S(=O)(=O)c1ccccc1. The molecule has 1 fully saturated rings. The lowest BCUT2D eigenvalue weighted by Crippen LogP contribution is -2.45. The minimum Gasteiger partial charge on any atom is -0.408 e. The maximum Gasteiger partial charge on any atom is 0.268 e. The van der Waals surface area contributed by atoms with Gasteiger partial charge in [0.05, 0.1) is 28.3 Å². The Bertz CT molecular complexity index is 1590. The number of fused-ring (bicyclic) bond motifs is 1. The van der Waals surface area contributed by atoms with Crippen molar-refractivity contribution in [2.75, 3.05) is 6.54 Å². The highest BCUT2D eigenvalue weighted by molar-refractivity contribution is 7.90. The molecule has 0 unspecified atom stereocenters. The number of nitrogens with zero attached hydrogens (tertiary/aromatic N) is 1. The Balaban J connectivity index is 1.75. The van der Waals surface area contributed by atoms with Crippen molar-refractivity contribution in [3.8, 4) is 0 Å². The number of halogens is 1. The van der Waals surface area contributed by atoms with Gasteiger partial charge in [0.2, 0.25) is 0 Å². The second kappa shape index (κ2) is 11.1. The summed E-state index contributed by atoms with van der Waals surface area (Å²) in [6.45, 7) is 11.9. The molecular weight excluding hydrogens is 556 g/mol. The first kappa shape index (κ1) is 29.1. The van der Waals surface area contributed by atoms with Crippen molar-refractivity contribution >= 4 is 40.8 Å². The van der Waals surface area contributed by atoms with Crippen LogP contribution in [0.2, 0.25) is 23.2 Å². The van der Waals surface area contributed by atoms with Crippen LogP contribution in [0.5, 0.6) is 0 Å². The van der Waals surface area contributed by atoms with Gasteiger partial charge in [-0.2, -0.15) is 0 Å². The van der Waals surface area contributed by atoms with Crippen molar-refractivity contribution in [1.29, 1.82) is 0 Å². The van der Waals surface area contributed by atoms with E-state index in [0.29, 0.717) is 22.2 Å². The summed E-state index contributed by atoms with van der Waals surface area (Å²) < 4.78 is 37.4. The minimum atomic E-state index is -3.91. The van der Waals surface area contributed by atoms with Crippen LogP contribution in [-0.2, 0) is 14.4 Å². The van der Waals surface area contributed by atoms with Gasteiger partial charge in [0.15, 0.2) is 8.32 Å². The summed E-state index contributed by atoms with van der Waals surface area (Å²) in [5.41, 5.74) is 2.24. The van der Waals surface area contributed by atoms with Gasteiger partial charge in [-0.05, 0) is 85.4 Å². The predicted molar refractivity (Wildman–Crippen MR) is 167 cm³/mol. The molecule has 0 saturated heterocycles. The van der Waals surface area contributed by atoms with Crippen LogP contribution < -0.4 is 5.32 Å². The van der Waals surface area contributed by atoms with Gasteiger partial charge >= 0.3 is 0 Å². The quantitative estimate of drug-likeness (QED) is 0.187. The van der Waals surface area contributed by atoms with Gasteiger partial charge in [-0.25, -0.2) is 12.4 Å². The first-order chi connectivity index (χ1) is 18.9. The van der Waals surface area contributed by atoms with E-state index in [1.807, 2.05) is 60.7 Å². The van der Waals surface area contributed by atoms with E-state index in [1.54, 1.807) is 24.3 Å². The van der Waals surface area contributed by atoms with Crippen LogP contribution in [-0.4, -0.2) is 27.3 Å². The molecule has 1 aliphatic rings. The minimum absolute atomic E-state index is 0.0479. The Kier molecular flexibility index (Phi) is 8.07. The van der Waals surface area contributed by atoms with E-state index < -0.39 is 30.5 Å². The summed E-state index contributed by atoms with van der Waals surface area (Å²) in [4.78, 5) is 0.253. The second-order valence-corrected chi connectivity index (χ2v) is 19.4. The van der Waals surface area contributed by atoms with Gasteiger partial charge < -0.3 is 9.74 Å². The van der Waals surface area contributed by atoms with Crippen LogP contribution in [0.1, 0.15) is 57.0 Å². The fourth-order valence-electron chi connectivity index (χ4n) is 4.82. The molecule has 1 saturated carbocycles. The van der Waals surface area contributed by atoms with Gasteiger partial charge in [0, 0.05) is 10.4 Å². The molecule has 0 amide bonds. The molecule has 0 spiro atoms. The summed E-state index contributed by atoms with van der Waals surface area (Å²) in [5, 5.41) is 5.23. The summed E-state index contributed by atoms with van der Waals surface area (Å²) >= 11 is 6.52. The number of para-hydroxylation sites is 1. The smallest absolute Gasteiger partial charge is 0.268 e. The molecule has 0 aliphatic heterocycles. The maximum atomic E-state index is 14.3. The van der Waals surface area contributed by atoms with Crippen molar-refractivity contribution in [3.05, 3.63) is 101 Å². The van der Waals surface area contributed by atoms with Gasteiger partial charge in [0.1, 0.15) is 0 Å². The lowest BCUT2D eigenvalue weighted by molar-refractivity contribution is 0.134. The number of aromatic nitrogens is 1. The summed E-state index contributed by atoms with van der Waals surface area (Å²) in [5.74, 6) is 0.582. The topological polar surface area (TPSA) is 60.3 Å². The molecule has 212 valence electrons. The number of hydrogen-bond donors (Lipinski definition) is 1. The molecule has 8 heteroatoms. The summed E-state index contributed by atoms with van der Waals surface area (Å²) in [6, 6.07) is 25.7. The van der Waals surface area contributed by atoms with Crippen LogP contribution in [0.25, 0.3) is 10.9 Å². The molecule has 0 bridgehead atoms. The Morgan fingerprint density at radius 2 is 1.65 bits per heavy atom. The van der Waals surface area contributed by atoms with E-state index in [0.717, 1.165) is 17.5 Å². The Labute approximate surface area is 244 Å². The zero-order valence-electron chi connectivity index (χ0n) is 23.9. The van der Waals surface area contributed by atoms with E-state index in [2.05, 4.69) is 39.2 Å². The van der Waals surface area contributed by atoms with E-state index in [9.17, 15) is 8.42 Å². The largest absolute Gasteiger partial charge is 0.408 e. The van der Waals surface area contributed by atoms with Gasteiger partial charge in [-0.3, -0.25) is 0 Å². The zero-order valence-corrected chi connectivity index (χ0v) is 26.5. The fraction of sp³-hybridized carbons (Fsp3) is 0.375. The van der Waals surface area contributed by atoms with Gasteiger partial charge in [-0.1, -0.05) is 80.9 Å². The molecule has 0 radical (unpaired) electrons. The normalized spacial score (nSPS) is 16.2. The van der Waals surface area contributed by atoms with Crippen LogP contribution >= 0.6 is 11.6 Å². The van der Waals surface area contributed by atoms with Crippen molar-refractivity contribution in [2.24, 2.45) is 5.92 Å². The third-order valence-corrected chi connectivity index (χ3v) is 14.8. The predicted octanol–water partition coefficient (Wildman–Crippen LogP) is 8.34. The highest BCUT2D eigenvalue weighted by Gasteiger charge is 2.43. The van der Waals surface area contributed by atoms with Crippen molar-refractivity contribution < 1.29 is 12.8 Å². The molecular formula is C32H39ClN2O3SSi. The second-order valence-electron chi connectivity index (χ2n) is 12.4. The molecule has 4 aromatic rings. The van der Waals surface area contributed by atoms with Crippen LogP contribution in [0.3, 0.4) is 0 Å². The Hall–Kier alpha value is -2.42. The summed E-state index contributed by atoms with van der Waals surface area (Å²) in [6.07, 6.45) is 1.90.